The highest BCUT2D eigenvalue weighted by atomic mass is 16.5. The molecule has 0 spiro atoms. The molecule has 0 saturated carbocycles. The fourth-order valence-electron chi connectivity index (χ4n) is 3.53. The number of amides is 2. The van der Waals surface area contributed by atoms with Crippen LogP contribution in [0.3, 0.4) is 0 Å². The summed E-state index contributed by atoms with van der Waals surface area (Å²) in [5.74, 6) is 0.396. The van der Waals surface area contributed by atoms with Crippen LogP contribution in [0.2, 0.25) is 0 Å². The number of hydrazone groups is 1. The van der Waals surface area contributed by atoms with E-state index in [9.17, 15) is 9.59 Å². The second-order valence-corrected chi connectivity index (χ2v) is 7.86. The number of nitrogens with zero attached hydrogens (tertiary/aromatic N) is 1. The van der Waals surface area contributed by atoms with Crippen LogP contribution in [0, 0.1) is 6.92 Å². The van der Waals surface area contributed by atoms with Crippen molar-refractivity contribution in [1.82, 2.24) is 5.43 Å². The molecule has 0 fully saturated rings. The molecule has 2 amide bonds. The van der Waals surface area contributed by atoms with Gasteiger partial charge in [-0.25, -0.2) is 5.43 Å². The van der Waals surface area contributed by atoms with Gasteiger partial charge in [0.15, 0.2) is 6.61 Å². The van der Waals surface area contributed by atoms with Crippen molar-refractivity contribution in [1.29, 1.82) is 0 Å². The molecule has 2 N–H and O–H groups in total. The van der Waals surface area contributed by atoms with E-state index in [1.807, 2.05) is 55.5 Å². The van der Waals surface area contributed by atoms with Crippen molar-refractivity contribution >= 4 is 45.2 Å². The molecule has 0 aliphatic carbocycles. The lowest BCUT2D eigenvalue weighted by atomic mass is 10.1. The second-order valence-electron chi connectivity index (χ2n) is 7.86. The summed E-state index contributed by atoms with van der Waals surface area (Å²) < 4.78 is 16.8. The van der Waals surface area contributed by atoms with Crippen LogP contribution >= 0.6 is 0 Å². The Kier molecular flexibility index (Phi) is 6.77. The van der Waals surface area contributed by atoms with Crippen LogP contribution < -0.4 is 20.2 Å². The van der Waals surface area contributed by atoms with Crippen LogP contribution in [0.1, 0.15) is 18.9 Å². The standard InChI is InChI=1S/C26H25N3O5/c1-16-7-6-8-18(11-16)33-15-26(31)29-28-17(2)12-25(30)27-21-14-23-20(13-24(21)32-3)19-9-4-5-10-22(19)34-23/h4-11,13-14H,12,15H2,1-3H3,(H,27,30)(H,29,31). The molecule has 0 aliphatic rings. The van der Waals surface area contributed by atoms with Gasteiger partial charge in [-0.3, -0.25) is 9.59 Å². The summed E-state index contributed by atoms with van der Waals surface area (Å²) in [7, 11) is 1.54. The summed E-state index contributed by atoms with van der Waals surface area (Å²) in [5, 5.41) is 8.68. The van der Waals surface area contributed by atoms with E-state index in [1.54, 1.807) is 26.2 Å². The molecule has 0 atom stereocenters. The molecule has 3 aromatic carbocycles. The van der Waals surface area contributed by atoms with Gasteiger partial charge >= 0.3 is 0 Å². The molecule has 174 valence electrons. The highest BCUT2D eigenvalue weighted by Gasteiger charge is 2.14. The summed E-state index contributed by atoms with van der Waals surface area (Å²) in [5.41, 5.74) is 5.76. The summed E-state index contributed by atoms with van der Waals surface area (Å²) in [6, 6.07) is 18.7. The van der Waals surface area contributed by atoms with E-state index in [2.05, 4.69) is 15.8 Å². The molecule has 0 radical (unpaired) electrons. The Hall–Kier alpha value is -4.33. The predicted molar refractivity (Wildman–Crippen MR) is 131 cm³/mol. The van der Waals surface area contributed by atoms with Crippen molar-refractivity contribution in [3.8, 4) is 11.5 Å². The predicted octanol–water partition coefficient (Wildman–Crippen LogP) is 4.80. The molecular formula is C26H25N3O5. The number of anilines is 1. The number of hydrogen-bond donors (Lipinski definition) is 2. The van der Waals surface area contributed by atoms with Crippen LogP contribution in [0.4, 0.5) is 5.69 Å². The number of carbonyl (C=O) groups is 2. The average Bonchev–Trinajstić information content (AvgIpc) is 3.18. The van der Waals surface area contributed by atoms with Crippen LogP contribution in [0.25, 0.3) is 21.9 Å². The normalized spacial score (nSPS) is 11.4. The van der Waals surface area contributed by atoms with E-state index < -0.39 is 5.91 Å². The van der Waals surface area contributed by atoms with E-state index in [-0.39, 0.29) is 18.9 Å². The number of methoxy groups -OCH3 is 1. The van der Waals surface area contributed by atoms with Gasteiger partial charge in [0, 0.05) is 22.6 Å². The van der Waals surface area contributed by atoms with E-state index in [0.29, 0.717) is 28.5 Å². The van der Waals surface area contributed by atoms with E-state index >= 15 is 0 Å². The number of benzene rings is 3. The average molecular weight is 460 g/mol. The van der Waals surface area contributed by atoms with Crippen LogP contribution in [-0.2, 0) is 9.59 Å². The van der Waals surface area contributed by atoms with Gasteiger partial charge in [-0.1, -0.05) is 30.3 Å². The summed E-state index contributed by atoms with van der Waals surface area (Å²) in [4.78, 5) is 24.6. The van der Waals surface area contributed by atoms with Crippen molar-refractivity contribution < 1.29 is 23.5 Å². The molecule has 4 aromatic rings. The fourth-order valence-corrected chi connectivity index (χ4v) is 3.53. The summed E-state index contributed by atoms with van der Waals surface area (Å²) >= 11 is 0. The minimum absolute atomic E-state index is 0.0136. The van der Waals surface area contributed by atoms with Gasteiger partial charge in [-0.05, 0) is 43.7 Å². The Morgan fingerprint density at radius 3 is 2.59 bits per heavy atom. The number of ether oxygens (including phenoxy) is 2. The SMILES string of the molecule is COc1cc2c(cc1NC(=O)CC(C)=NNC(=O)COc1cccc(C)c1)oc1ccccc12. The first-order valence-corrected chi connectivity index (χ1v) is 10.7. The van der Waals surface area contributed by atoms with E-state index in [4.69, 9.17) is 13.9 Å². The monoisotopic (exact) mass is 459 g/mol. The Morgan fingerprint density at radius 1 is 0.971 bits per heavy atom. The van der Waals surface area contributed by atoms with Gasteiger partial charge < -0.3 is 19.2 Å². The Balaban J connectivity index is 1.36. The maximum absolute atomic E-state index is 12.6. The minimum atomic E-state index is -0.418. The van der Waals surface area contributed by atoms with E-state index in [1.165, 1.54) is 0 Å². The van der Waals surface area contributed by atoms with Gasteiger partial charge in [0.05, 0.1) is 19.2 Å². The van der Waals surface area contributed by atoms with Gasteiger partial charge in [0.2, 0.25) is 5.91 Å². The molecule has 0 bridgehead atoms. The van der Waals surface area contributed by atoms with Crippen molar-refractivity contribution in [2.45, 2.75) is 20.3 Å². The van der Waals surface area contributed by atoms with Crippen LogP contribution in [0.5, 0.6) is 11.5 Å². The molecule has 0 aliphatic heterocycles. The first kappa shape index (κ1) is 22.8. The first-order valence-electron chi connectivity index (χ1n) is 10.7. The van der Waals surface area contributed by atoms with Crippen molar-refractivity contribution in [2.24, 2.45) is 5.10 Å². The Bertz CT molecular complexity index is 1390. The molecule has 4 rings (SSSR count). The topological polar surface area (TPSA) is 102 Å². The third-order valence-corrected chi connectivity index (χ3v) is 5.12. The smallest absolute Gasteiger partial charge is 0.277 e. The number of aryl methyl sites for hydroxylation is 1. The molecule has 8 nitrogen and oxygen atoms in total. The van der Waals surface area contributed by atoms with Gasteiger partial charge in [0.1, 0.15) is 22.7 Å². The number of rotatable bonds is 8. The fraction of sp³-hybridized carbons (Fsp3) is 0.192. The number of nitrogens with one attached hydrogen (secondary N) is 2. The quantitative estimate of drug-likeness (QED) is 0.291. The zero-order valence-corrected chi connectivity index (χ0v) is 19.2. The summed E-state index contributed by atoms with van der Waals surface area (Å²) in [6.45, 7) is 3.41. The number of carbonyl (C=O) groups excluding carboxylic acids is 2. The van der Waals surface area contributed by atoms with Crippen molar-refractivity contribution in [3.63, 3.8) is 0 Å². The number of furan rings is 1. The van der Waals surface area contributed by atoms with Crippen molar-refractivity contribution in [3.05, 3.63) is 66.2 Å². The minimum Gasteiger partial charge on any atom is -0.495 e. The molecule has 0 saturated heterocycles. The molecule has 1 aromatic heterocycles. The van der Waals surface area contributed by atoms with Gasteiger partial charge in [-0.15, -0.1) is 0 Å². The molecule has 34 heavy (non-hydrogen) atoms. The third-order valence-electron chi connectivity index (χ3n) is 5.12. The highest BCUT2D eigenvalue weighted by Crippen LogP contribution is 2.36. The Labute approximate surface area is 196 Å². The number of fused-ring (bicyclic) bond motifs is 3. The maximum Gasteiger partial charge on any atom is 0.277 e. The van der Waals surface area contributed by atoms with Crippen molar-refractivity contribution in [2.75, 3.05) is 19.0 Å². The Morgan fingerprint density at radius 2 is 1.79 bits per heavy atom. The lowest BCUT2D eigenvalue weighted by Crippen LogP contribution is -2.26. The maximum atomic E-state index is 12.6. The molecule has 8 heteroatoms. The zero-order valence-electron chi connectivity index (χ0n) is 19.2. The van der Waals surface area contributed by atoms with Gasteiger partial charge in [-0.2, -0.15) is 5.10 Å². The number of hydrogen-bond acceptors (Lipinski definition) is 6. The summed E-state index contributed by atoms with van der Waals surface area (Å²) in [6.07, 6.45) is -0.0136. The highest BCUT2D eigenvalue weighted by molar-refractivity contribution is 6.10. The zero-order chi connectivity index (χ0) is 24.1. The van der Waals surface area contributed by atoms with Crippen LogP contribution in [0.15, 0.2) is 70.2 Å². The first-order chi connectivity index (χ1) is 16.4. The molecule has 1 heterocycles. The lowest BCUT2D eigenvalue weighted by Gasteiger charge is -2.10. The van der Waals surface area contributed by atoms with E-state index in [0.717, 1.165) is 21.9 Å². The third kappa shape index (κ3) is 5.35. The second kappa shape index (κ2) is 10.1. The lowest BCUT2D eigenvalue weighted by molar-refractivity contribution is -0.123. The largest absolute Gasteiger partial charge is 0.495 e. The van der Waals surface area contributed by atoms with Gasteiger partial charge in [0.25, 0.3) is 5.91 Å². The number of para-hydroxylation sites is 1. The molecular weight excluding hydrogens is 434 g/mol. The van der Waals surface area contributed by atoms with Crippen LogP contribution in [-0.4, -0.2) is 31.2 Å². The molecule has 0 unspecified atom stereocenters.